The second-order valence-corrected chi connectivity index (χ2v) is 7.23. The Labute approximate surface area is 155 Å². The maximum atomic E-state index is 13.0. The molecule has 1 saturated heterocycles. The van der Waals surface area contributed by atoms with Crippen LogP contribution in [0.4, 0.5) is 0 Å². The molecule has 2 aromatic carbocycles. The van der Waals surface area contributed by atoms with E-state index < -0.39 is 0 Å². The van der Waals surface area contributed by atoms with Crippen molar-refractivity contribution >= 4 is 5.91 Å². The summed E-state index contributed by atoms with van der Waals surface area (Å²) in [4.78, 5) is 15.4. The molecule has 1 atom stereocenters. The number of hydrogen-bond donors (Lipinski definition) is 1. The number of rotatable bonds is 6. The smallest absolute Gasteiger partial charge is 0.230 e. The Hall–Kier alpha value is -2.17. The minimum atomic E-state index is -0.312. The van der Waals surface area contributed by atoms with Crippen LogP contribution in [0.1, 0.15) is 30.0 Å². The molecule has 2 aliphatic rings. The highest BCUT2D eigenvalue weighted by atomic mass is 16.5. The van der Waals surface area contributed by atoms with Gasteiger partial charge in [0.05, 0.1) is 24.7 Å². The number of nitrogens with one attached hydrogen (secondary N) is 1. The van der Waals surface area contributed by atoms with Crippen LogP contribution < -0.4 is 5.32 Å². The second kappa shape index (κ2) is 7.60. The lowest BCUT2D eigenvalue weighted by atomic mass is 9.94. The zero-order valence-electron chi connectivity index (χ0n) is 15.1. The highest BCUT2D eigenvalue weighted by molar-refractivity contribution is 5.91. The fourth-order valence-electron chi connectivity index (χ4n) is 3.91. The van der Waals surface area contributed by atoms with Crippen molar-refractivity contribution in [1.82, 2.24) is 10.2 Å². The molecule has 1 N–H and O–H groups in total. The van der Waals surface area contributed by atoms with Crippen molar-refractivity contribution in [1.29, 1.82) is 0 Å². The maximum absolute atomic E-state index is 13.0. The average molecular weight is 350 g/mol. The van der Waals surface area contributed by atoms with Crippen molar-refractivity contribution in [3.8, 4) is 0 Å². The highest BCUT2D eigenvalue weighted by Crippen LogP contribution is 2.48. The monoisotopic (exact) mass is 350 g/mol. The normalized spacial score (nSPS) is 20.3. The SMILES string of the molecule is O=C(NCC(c1ccccc1)N1CCOCC1)C1(c2ccccc2)CC1. The average Bonchev–Trinajstić information content (AvgIpc) is 3.52. The van der Waals surface area contributed by atoms with Gasteiger partial charge in [-0.05, 0) is 24.0 Å². The third-order valence-electron chi connectivity index (χ3n) is 5.64. The number of ether oxygens (including phenoxy) is 1. The summed E-state index contributed by atoms with van der Waals surface area (Å²) in [5.41, 5.74) is 2.08. The molecular formula is C22H26N2O2. The number of nitrogens with zero attached hydrogens (tertiary/aromatic N) is 1. The van der Waals surface area contributed by atoms with E-state index in [0.717, 1.165) is 44.7 Å². The van der Waals surface area contributed by atoms with Gasteiger partial charge in [0, 0.05) is 19.6 Å². The van der Waals surface area contributed by atoms with Gasteiger partial charge in [-0.1, -0.05) is 60.7 Å². The number of benzene rings is 2. The lowest BCUT2D eigenvalue weighted by molar-refractivity contribution is -0.124. The van der Waals surface area contributed by atoms with E-state index in [1.54, 1.807) is 0 Å². The molecule has 1 unspecified atom stereocenters. The Morgan fingerprint density at radius 2 is 1.62 bits per heavy atom. The summed E-state index contributed by atoms with van der Waals surface area (Å²) < 4.78 is 5.50. The van der Waals surface area contributed by atoms with Crippen LogP contribution in [0.3, 0.4) is 0 Å². The van der Waals surface area contributed by atoms with Crippen LogP contribution in [0.5, 0.6) is 0 Å². The highest BCUT2D eigenvalue weighted by Gasteiger charge is 2.51. The summed E-state index contributed by atoms with van der Waals surface area (Å²) in [6, 6.07) is 20.8. The van der Waals surface area contributed by atoms with E-state index in [4.69, 9.17) is 4.74 Å². The van der Waals surface area contributed by atoms with Crippen LogP contribution in [0.25, 0.3) is 0 Å². The summed E-state index contributed by atoms with van der Waals surface area (Å²) in [6.45, 7) is 3.95. The largest absolute Gasteiger partial charge is 0.379 e. The van der Waals surface area contributed by atoms with Crippen LogP contribution in [0.2, 0.25) is 0 Å². The van der Waals surface area contributed by atoms with Crippen LogP contribution in [-0.2, 0) is 14.9 Å². The number of carbonyl (C=O) groups excluding carboxylic acids is 1. The van der Waals surface area contributed by atoms with Gasteiger partial charge in [0.15, 0.2) is 0 Å². The number of morpholine rings is 1. The van der Waals surface area contributed by atoms with Gasteiger partial charge in [0.2, 0.25) is 5.91 Å². The minimum absolute atomic E-state index is 0.165. The number of amides is 1. The predicted octanol–water partition coefficient (Wildman–Crippen LogP) is 2.91. The van der Waals surface area contributed by atoms with Crippen molar-refractivity contribution in [2.24, 2.45) is 0 Å². The van der Waals surface area contributed by atoms with Crippen LogP contribution in [0, 0.1) is 0 Å². The first-order chi connectivity index (χ1) is 12.8. The number of carbonyl (C=O) groups is 1. The number of hydrogen-bond acceptors (Lipinski definition) is 3. The van der Waals surface area contributed by atoms with Gasteiger partial charge in [-0.15, -0.1) is 0 Å². The molecule has 26 heavy (non-hydrogen) atoms. The first-order valence-corrected chi connectivity index (χ1v) is 9.50. The third kappa shape index (κ3) is 3.53. The van der Waals surface area contributed by atoms with E-state index in [-0.39, 0.29) is 17.4 Å². The minimum Gasteiger partial charge on any atom is -0.379 e. The summed E-state index contributed by atoms with van der Waals surface area (Å²) in [6.07, 6.45) is 1.88. The zero-order chi connectivity index (χ0) is 17.8. The summed E-state index contributed by atoms with van der Waals surface area (Å²) in [5, 5.41) is 3.26. The van der Waals surface area contributed by atoms with Crippen molar-refractivity contribution in [2.45, 2.75) is 24.3 Å². The van der Waals surface area contributed by atoms with Crippen LogP contribution >= 0.6 is 0 Å². The molecule has 0 spiro atoms. The van der Waals surface area contributed by atoms with E-state index >= 15 is 0 Å². The summed E-state index contributed by atoms with van der Waals surface area (Å²) in [7, 11) is 0. The van der Waals surface area contributed by atoms with Gasteiger partial charge >= 0.3 is 0 Å². The maximum Gasteiger partial charge on any atom is 0.230 e. The lowest BCUT2D eigenvalue weighted by Crippen LogP contribution is -2.45. The van der Waals surface area contributed by atoms with Crippen molar-refractivity contribution in [3.05, 3.63) is 71.8 Å². The molecular weight excluding hydrogens is 324 g/mol. The van der Waals surface area contributed by atoms with Crippen LogP contribution in [-0.4, -0.2) is 43.7 Å². The molecule has 0 radical (unpaired) electrons. The van der Waals surface area contributed by atoms with Crippen molar-refractivity contribution in [2.75, 3.05) is 32.8 Å². The first kappa shape index (κ1) is 17.3. The molecule has 0 bridgehead atoms. The Kier molecular flexibility index (Phi) is 5.05. The quantitative estimate of drug-likeness (QED) is 0.871. The molecule has 1 aliphatic heterocycles. The second-order valence-electron chi connectivity index (χ2n) is 7.23. The van der Waals surface area contributed by atoms with Gasteiger partial charge in [0.1, 0.15) is 0 Å². The Morgan fingerprint density at radius 1 is 1.00 bits per heavy atom. The van der Waals surface area contributed by atoms with Gasteiger partial charge in [-0.2, -0.15) is 0 Å². The van der Waals surface area contributed by atoms with Gasteiger partial charge in [0.25, 0.3) is 0 Å². The van der Waals surface area contributed by atoms with E-state index in [9.17, 15) is 4.79 Å². The first-order valence-electron chi connectivity index (χ1n) is 9.50. The molecule has 4 rings (SSSR count). The lowest BCUT2D eigenvalue weighted by Gasteiger charge is -2.35. The van der Waals surface area contributed by atoms with Gasteiger partial charge < -0.3 is 10.1 Å². The van der Waals surface area contributed by atoms with Crippen molar-refractivity contribution in [3.63, 3.8) is 0 Å². The van der Waals surface area contributed by atoms with Gasteiger partial charge in [-0.3, -0.25) is 9.69 Å². The Balaban J connectivity index is 1.47. The molecule has 0 aromatic heterocycles. The van der Waals surface area contributed by atoms with E-state index in [0.29, 0.717) is 6.54 Å². The molecule has 136 valence electrons. The Bertz CT molecular complexity index is 722. The summed E-state index contributed by atoms with van der Waals surface area (Å²) in [5.74, 6) is 0.165. The van der Waals surface area contributed by atoms with Crippen molar-refractivity contribution < 1.29 is 9.53 Å². The standard InChI is InChI=1S/C22H26N2O2/c25-21(22(11-12-22)19-9-5-2-6-10-19)23-17-20(18-7-3-1-4-8-18)24-13-15-26-16-14-24/h1-10,20H,11-17H2,(H,23,25). The topological polar surface area (TPSA) is 41.6 Å². The van der Waals surface area contributed by atoms with Crippen LogP contribution in [0.15, 0.2) is 60.7 Å². The van der Waals surface area contributed by atoms with E-state index in [1.165, 1.54) is 5.56 Å². The third-order valence-corrected chi connectivity index (χ3v) is 5.64. The Morgan fingerprint density at radius 3 is 2.23 bits per heavy atom. The molecule has 2 fully saturated rings. The molecule has 4 heteroatoms. The fourth-order valence-corrected chi connectivity index (χ4v) is 3.91. The molecule has 4 nitrogen and oxygen atoms in total. The zero-order valence-corrected chi connectivity index (χ0v) is 15.1. The molecule has 1 aliphatic carbocycles. The van der Waals surface area contributed by atoms with Gasteiger partial charge in [-0.25, -0.2) is 0 Å². The van der Waals surface area contributed by atoms with E-state index in [2.05, 4.69) is 46.6 Å². The molecule has 1 heterocycles. The molecule has 1 amide bonds. The molecule has 1 saturated carbocycles. The van der Waals surface area contributed by atoms with E-state index in [1.807, 2.05) is 24.3 Å². The molecule has 2 aromatic rings. The predicted molar refractivity (Wildman–Crippen MR) is 102 cm³/mol. The summed E-state index contributed by atoms with van der Waals surface area (Å²) >= 11 is 0. The fraction of sp³-hybridized carbons (Fsp3) is 0.409.